The van der Waals surface area contributed by atoms with Gasteiger partial charge in [0, 0.05) is 43.1 Å². The van der Waals surface area contributed by atoms with Crippen LogP contribution in [0.4, 0.5) is 11.4 Å². The molecule has 1 aromatic carbocycles. The lowest BCUT2D eigenvalue weighted by atomic mass is 10.2. The Morgan fingerprint density at radius 3 is 2.52 bits per heavy atom. The molecular weight excluding hydrogens is 266 g/mol. The van der Waals surface area contributed by atoms with Gasteiger partial charge in [0.05, 0.1) is 6.26 Å². The first-order chi connectivity index (χ1) is 10.2. The van der Waals surface area contributed by atoms with E-state index in [1.54, 1.807) is 6.07 Å². The van der Waals surface area contributed by atoms with Gasteiger partial charge in [0.25, 0.3) is 5.91 Å². The second kappa shape index (κ2) is 6.01. The summed E-state index contributed by atoms with van der Waals surface area (Å²) in [5.74, 6) is 0.147. The minimum Gasteiger partial charge on any atom is -0.459 e. The van der Waals surface area contributed by atoms with Crippen molar-refractivity contribution in [2.45, 2.75) is 6.92 Å². The van der Waals surface area contributed by atoms with Crippen LogP contribution < -0.4 is 15.5 Å². The smallest absolute Gasteiger partial charge is 0.291 e. The normalized spacial score (nSPS) is 15.0. The molecule has 5 nitrogen and oxygen atoms in total. The molecule has 1 aromatic heterocycles. The summed E-state index contributed by atoms with van der Waals surface area (Å²) >= 11 is 0. The highest BCUT2D eigenvalue weighted by Crippen LogP contribution is 2.19. The van der Waals surface area contributed by atoms with Crippen LogP contribution in [0.2, 0.25) is 0 Å². The van der Waals surface area contributed by atoms with E-state index in [1.807, 2.05) is 31.2 Å². The van der Waals surface area contributed by atoms with Gasteiger partial charge in [-0.1, -0.05) is 0 Å². The molecule has 0 atom stereocenters. The zero-order chi connectivity index (χ0) is 14.7. The quantitative estimate of drug-likeness (QED) is 0.908. The van der Waals surface area contributed by atoms with Crippen molar-refractivity contribution < 1.29 is 9.21 Å². The molecule has 1 fully saturated rings. The number of amides is 1. The maximum absolute atomic E-state index is 12.1. The van der Waals surface area contributed by atoms with Gasteiger partial charge < -0.3 is 20.0 Å². The molecule has 0 unspecified atom stereocenters. The molecule has 110 valence electrons. The van der Waals surface area contributed by atoms with Gasteiger partial charge in [0.1, 0.15) is 0 Å². The Morgan fingerprint density at radius 1 is 1.19 bits per heavy atom. The van der Waals surface area contributed by atoms with Crippen molar-refractivity contribution in [1.82, 2.24) is 5.32 Å². The molecule has 1 aliphatic heterocycles. The average Bonchev–Trinajstić information content (AvgIpc) is 2.95. The Kier molecular flexibility index (Phi) is 3.92. The van der Waals surface area contributed by atoms with Gasteiger partial charge in [0.15, 0.2) is 5.76 Å². The van der Waals surface area contributed by atoms with Crippen LogP contribution >= 0.6 is 0 Å². The van der Waals surface area contributed by atoms with Gasteiger partial charge in [-0.25, -0.2) is 0 Å². The SMILES string of the molecule is Cc1ccoc1C(=O)Nc1ccc(N2CCNCC2)cc1. The predicted octanol–water partition coefficient (Wildman–Crippen LogP) is 2.25. The Hall–Kier alpha value is -2.27. The fourth-order valence-corrected chi connectivity index (χ4v) is 2.47. The Bertz CT molecular complexity index is 613. The van der Waals surface area contributed by atoms with E-state index in [2.05, 4.69) is 15.5 Å². The number of rotatable bonds is 3. The van der Waals surface area contributed by atoms with Crippen LogP contribution in [0.3, 0.4) is 0 Å². The van der Waals surface area contributed by atoms with Crippen LogP contribution in [0.1, 0.15) is 16.1 Å². The van der Waals surface area contributed by atoms with Gasteiger partial charge in [-0.15, -0.1) is 0 Å². The fraction of sp³-hybridized carbons (Fsp3) is 0.312. The summed E-state index contributed by atoms with van der Waals surface area (Å²) in [6.45, 7) is 5.90. The number of aryl methyl sites for hydroxylation is 1. The van der Waals surface area contributed by atoms with Crippen LogP contribution in [0.25, 0.3) is 0 Å². The second-order valence-corrected chi connectivity index (χ2v) is 5.17. The number of furan rings is 1. The molecule has 5 heteroatoms. The zero-order valence-electron chi connectivity index (χ0n) is 12.1. The maximum atomic E-state index is 12.1. The maximum Gasteiger partial charge on any atom is 0.291 e. The first kappa shape index (κ1) is 13.7. The van der Waals surface area contributed by atoms with Gasteiger partial charge in [-0.3, -0.25) is 4.79 Å². The van der Waals surface area contributed by atoms with Crippen molar-refractivity contribution in [1.29, 1.82) is 0 Å². The lowest BCUT2D eigenvalue weighted by Gasteiger charge is -2.29. The monoisotopic (exact) mass is 285 g/mol. The lowest BCUT2D eigenvalue weighted by molar-refractivity contribution is 0.0996. The minimum atomic E-state index is -0.215. The Morgan fingerprint density at radius 2 is 1.90 bits per heavy atom. The summed E-state index contributed by atoms with van der Waals surface area (Å²) in [4.78, 5) is 14.4. The number of hydrogen-bond donors (Lipinski definition) is 2. The van der Waals surface area contributed by atoms with E-state index in [4.69, 9.17) is 4.42 Å². The van der Waals surface area contributed by atoms with E-state index in [9.17, 15) is 4.79 Å². The highest BCUT2D eigenvalue weighted by molar-refractivity contribution is 6.03. The molecule has 0 radical (unpaired) electrons. The summed E-state index contributed by atoms with van der Waals surface area (Å²) in [5, 5.41) is 6.19. The zero-order valence-corrected chi connectivity index (χ0v) is 12.1. The van der Waals surface area contributed by atoms with E-state index >= 15 is 0 Å². The third-order valence-electron chi connectivity index (χ3n) is 3.68. The second-order valence-electron chi connectivity index (χ2n) is 5.17. The van der Waals surface area contributed by atoms with Gasteiger partial charge >= 0.3 is 0 Å². The fourth-order valence-electron chi connectivity index (χ4n) is 2.47. The Balaban J connectivity index is 1.67. The van der Waals surface area contributed by atoms with Crippen LogP contribution in [0.5, 0.6) is 0 Å². The summed E-state index contributed by atoms with van der Waals surface area (Å²) in [6.07, 6.45) is 1.53. The first-order valence-electron chi connectivity index (χ1n) is 7.15. The summed E-state index contributed by atoms with van der Waals surface area (Å²) < 4.78 is 5.19. The molecule has 2 aromatic rings. The summed E-state index contributed by atoms with van der Waals surface area (Å²) in [7, 11) is 0. The van der Waals surface area contributed by atoms with E-state index in [0.29, 0.717) is 5.76 Å². The number of benzene rings is 1. The van der Waals surface area contributed by atoms with Gasteiger partial charge in [-0.2, -0.15) is 0 Å². The molecule has 1 amide bonds. The van der Waals surface area contributed by atoms with Crippen molar-refractivity contribution in [2.75, 3.05) is 36.4 Å². The molecule has 3 rings (SSSR count). The van der Waals surface area contributed by atoms with Crippen molar-refractivity contribution >= 4 is 17.3 Å². The van der Waals surface area contributed by atoms with E-state index in [-0.39, 0.29) is 5.91 Å². The molecule has 0 spiro atoms. The number of anilines is 2. The molecule has 0 bridgehead atoms. The van der Waals surface area contributed by atoms with Crippen molar-refractivity contribution in [2.24, 2.45) is 0 Å². The van der Waals surface area contributed by atoms with Crippen LogP contribution in [-0.2, 0) is 0 Å². The summed E-state index contributed by atoms with van der Waals surface area (Å²) in [6, 6.07) is 9.70. The number of carbonyl (C=O) groups excluding carboxylic acids is 1. The Labute approximate surface area is 123 Å². The first-order valence-corrected chi connectivity index (χ1v) is 7.15. The molecule has 0 saturated carbocycles. The number of nitrogens with zero attached hydrogens (tertiary/aromatic N) is 1. The number of piperazine rings is 1. The van der Waals surface area contributed by atoms with Crippen molar-refractivity contribution in [3.05, 3.63) is 47.9 Å². The lowest BCUT2D eigenvalue weighted by Crippen LogP contribution is -2.43. The average molecular weight is 285 g/mol. The largest absolute Gasteiger partial charge is 0.459 e. The standard InChI is InChI=1S/C16H19N3O2/c1-12-6-11-21-15(12)16(20)18-13-2-4-14(5-3-13)19-9-7-17-8-10-19/h2-6,11,17H,7-10H2,1H3,(H,18,20). The van der Waals surface area contributed by atoms with E-state index in [1.165, 1.54) is 12.0 Å². The van der Waals surface area contributed by atoms with Gasteiger partial charge in [0.2, 0.25) is 0 Å². The molecule has 2 N–H and O–H groups in total. The molecule has 1 aliphatic rings. The third kappa shape index (κ3) is 3.08. The molecule has 21 heavy (non-hydrogen) atoms. The highest BCUT2D eigenvalue weighted by atomic mass is 16.3. The van der Waals surface area contributed by atoms with Crippen LogP contribution in [0, 0.1) is 6.92 Å². The van der Waals surface area contributed by atoms with Crippen molar-refractivity contribution in [3.63, 3.8) is 0 Å². The number of hydrogen-bond acceptors (Lipinski definition) is 4. The summed E-state index contributed by atoms with van der Waals surface area (Å²) in [5.41, 5.74) is 2.79. The van der Waals surface area contributed by atoms with Crippen molar-refractivity contribution in [3.8, 4) is 0 Å². The van der Waals surface area contributed by atoms with E-state index < -0.39 is 0 Å². The minimum absolute atomic E-state index is 0.215. The topological polar surface area (TPSA) is 57.5 Å². The molecule has 2 heterocycles. The predicted molar refractivity (Wildman–Crippen MR) is 82.9 cm³/mol. The van der Waals surface area contributed by atoms with Crippen LogP contribution in [0.15, 0.2) is 41.0 Å². The number of carbonyl (C=O) groups is 1. The molecular formula is C16H19N3O2. The van der Waals surface area contributed by atoms with Gasteiger partial charge in [-0.05, 0) is 37.3 Å². The molecule has 1 saturated heterocycles. The van der Waals surface area contributed by atoms with E-state index in [0.717, 1.165) is 37.4 Å². The molecule has 0 aliphatic carbocycles. The number of nitrogens with one attached hydrogen (secondary N) is 2. The van der Waals surface area contributed by atoms with Crippen LogP contribution in [-0.4, -0.2) is 32.1 Å². The highest BCUT2D eigenvalue weighted by Gasteiger charge is 2.13. The third-order valence-corrected chi connectivity index (χ3v) is 3.68.